The van der Waals surface area contributed by atoms with Crippen molar-refractivity contribution < 1.29 is 14.3 Å². The van der Waals surface area contributed by atoms with Crippen LogP contribution < -0.4 is 11.1 Å². The lowest BCUT2D eigenvalue weighted by atomic mass is 10.2. The molecule has 0 saturated carbocycles. The van der Waals surface area contributed by atoms with E-state index in [2.05, 4.69) is 5.32 Å². The molecular weight excluding hydrogens is 220 g/mol. The number of nitrogen functional groups attached to an aromatic ring is 1. The summed E-state index contributed by atoms with van der Waals surface area (Å²) in [6.07, 6.45) is 0.159. The summed E-state index contributed by atoms with van der Waals surface area (Å²) in [5, 5.41) is 2.62. The third-order valence-electron chi connectivity index (χ3n) is 2.12. The zero-order chi connectivity index (χ0) is 12.7. The summed E-state index contributed by atoms with van der Waals surface area (Å²) in [6, 6.07) is 6.65. The molecule has 0 aliphatic carbocycles. The lowest BCUT2D eigenvalue weighted by Crippen LogP contribution is -2.24. The Bertz CT molecular complexity index is 404. The minimum Gasteiger partial charge on any atom is -0.461 e. The van der Waals surface area contributed by atoms with E-state index in [-0.39, 0.29) is 18.9 Å². The summed E-state index contributed by atoms with van der Waals surface area (Å²) in [7, 11) is 0. The van der Waals surface area contributed by atoms with Crippen LogP contribution in [0, 0.1) is 0 Å². The van der Waals surface area contributed by atoms with E-state index in [0.717, 1.165) is 0 Å². The van der Waals surface area contributed by atoms with Crippen LogP contribution in [0.5, 0.6) is 0 Å². The summed E-state index contributed by atoms with van der Waals surface area (Å²) in [5.41, 5.74) is 6.31. The third-order valence-corrected chi connectivity index (χ3v) is 2.12. The van der Waals surface area contributed by atoms with Crippen molar-refractivity contribution >= 4 is 17.6 Å². The smallest absolute Gasteiger partial charge is 0.340 e. The Kier molecular flexibility index (Phi) is 5.00. The summed E-state index contributed by atoms with van der Waals surface area (Å²) in [6.45, 7) is 2.45. The molecular formula is C12H16N2O3. The average molecular weight is 236 g/mol. The molecule has 0 spiro atoms. The normalized spacial score (nSPS) is 9.71. The molecule has 92 valence electrons. The molecule has 3 N–H and O–H groups in total. The summed E-state index contributed by atoms with van der Waals surface area (Å²) in [4.78, 5) is 22.7. The topological polar surface area (TPSA) is 81.4 Å². The van der Waals surface area contributed by atoms with Gasteiger partial charge in [-0.15, -0.1) is 0 Å². The third kappa shape index (κ3) is 4.14. The Balaban J connectivity index is 2.41. The number of esters is 1. The molecule has 5 heteroatoms. The maximum Gasteiger partial charge on any atom is 0.340 e. The zero-order valence-corrected chi connectivity index (χ0v) is 9.73. The molecule has 0 unspecified atom stereocenters. The maximum atomic E-state index is 11.6. The standard InChI is InChI=1S/C12H16N2O3/c1-2-14-11(15)7-8-17-12(16)9-5-3-4-6-10(9)13/h3-6H,2,7-8,13H2,1H3,(H,14,15). The van der Waals surface area contributed by atoms with Crippen LogP contribution in [0.2, 0.25) is 0 Å². The zero-order valence-electron chi connectivity index (χ0n) is 9.73. The van der Waals surface area contributed by atoms with Gasteiger partial charge in [-0.05, 0) is 19.1 Å². The number of carbonyl (C=O) groups is 2. The maximum absolute atomic E-state index is 11.6. The number of ether oxygens (including phenoxy) is 1. The predicted octanol–water partition coefficient (Wildman–Crippen LogP) is 0.952. The Hall–Kier alpha value is -2.04. The molecule has 0 bridgehead atoms. The molecule has 0 atom stereocenters. The second kappa shape index (κ2) is 6.52. The number of benzene rings is 1. The quantitative estimate of drug-likeness (QED) is 0.589. The SMILES string of the molecule is CCNC(=O)CCOC(=O)c1ccccc1N. The fraction of sp³-hybridized carbons (Fsp3) is 0.333. The molecule has 1 rings (SSSR count). The number of carbonyl (C=O) groups excluding carboxylic acids is 2. The highest BCUT2D eigenvalue weighted by Crippen LogP contribution is 2.11. The molecule has 0 aliphatic rings. The highest BCUT2D eigenvalue weighted by atomic mass is 16.5. The molecule has 0 aliphatic heterocycles. The van der Waals surface area contributed by atoms with Gasteiger partial charge < -0.3 is 15.8 Å². The monoisotopic (exact) mass is 236 g/mol. The van der Waals surface area contributed by atoms with E-state index in [1.807, 2.05) is 6.92 Å². The van der Waals surface area contributed by atoms with Crippen LogP contribution in [-0.4, -0.2) is 25.0 Å². The van der Waals surface area contributed by atoms with Gasteiger partial charge >= 0.3 is 5.97 Å². The molecule has 1 aromatic rings. The van der Waals surface area contributed by atoms with Gasteiger partial charge in [-0.3, -0.25) is 4.79 Å². The van der Waals surface area contributed by atoms with E-state index in [4.69, 9.17) is 10.5 Å². The molecule has 0 heterocycles. The van der Waals surface area contributed by atoms with E-state index < -0.39 is 5.97 Å². The van der Waals surface area contributed by atoms with Gasteiger partial charge in [0.15, 0.2) is 0 Å². The van der Waals surface area contributed by atoms with Crippen molar-refractivity contribution in [3.8, 4) is 0 Å². The van der Waals surface area contributed by atoms with E-state index in [0.29, 0.717) is 17.8 Å². The van der Waals surface area contributed by atoms with Gasteiger partial charge in [0.2, 0.25) is 5.91 Å². The van der Waals surface area contributed by atoms with E-state index in [1.54, 1.807) is 24.3 Å². The van der Waals surface area contributed by atoms with E-state index >= 15 is 0 Å². The summed E-state index contributed by atoms with van der Waals surface area (Å²) in [5.74, 6) is -0.645. The second-order valence-electron chi connectivity index (χ2n) is 3.43. The molecule has 17 heavy (non-hydrogen) atoms. The number of hydrogen-bond donors (Lipinski definition) is 2. The van der Waals surface area contributed by atoms with Crippen LogP contribution in [0.1, 0.15) is 23.7 Å². The number of anilines is 1. The first kappa shape index (κ1) is 13.0. The van der Waals surface area contributed by atoms with Gasteiger partial charge in [0, 0.05) is 12.2 Å². The van der Waals surface area contributed by atoms with Crippen LogP contribution >= 0.6 is 0 Å². The lowest BCUT2D eigenvalue weighted by Gasteiger charge is -2.06. The van der Waals surface area contributed by atoms with E-state index in [9.17, 15) is 9.59 Å². The van der Waals surface area contributed by atoms with Crippen LogP contribution in [-0.2, 0) is 9.53 Å². The van der Waals surface area contributed by atoms with Crippen molar-refractivity contribution in [2.45, 2.75) is 13.3 Å². The first-order valence-electron chi connectivity index (χ1n) is 5.43. The molecule has 0 saturated heterocycles. The summed E-state index contributed by atoms with van der Waals surface area (Å²) < 4.78 is 4.95. The van der Waals surface area contributed by atoms with Gasteiger partial charge in [0.05, 0.1) is 12.0 Å². The van der Waals surface area contributed by atoms with Gasteiger partial charge in [-0.1, -0.05) is 12.1 Å². The number of nitrogens with one attached hydrogen (secondary N) is 1. The fourth-order valence-electron chi connectivity index (χ4n) is 1.28. The van der Waals surface area contributed by atoms with Crippen molar-refractivity contribution in [2.24, 2.45) is 0 Å². The average Bonchev–Trinajstić information content (AvgIpc) is 2.29. The van der Waals surface area contributed by atoms with Crippen molar-refractivity contribution in [1.29, 1.82) is 0 Å². The molecule has 0 fully saturated rings. The fourth-order valence-corrected chi connectivity index (χ4v) is 1.28. The van der Waals surface area contributed by atoms with Crippen LogP contribution in [0.15, 0.2) is 24.3 Å². The lowest BCUT2D eigenvalue weighted by molar-refractivity contribution is -0.121. The highest BCUT2D eigenvalue weighted by molar-refractivity contribution is 5.95. The molecule has 0 radical (unpaired) electrons. The van der Waals surface area contributed by atoms with Crippen molar-refractivity contribution in [3.05, 3.63) is 29.8 Å². The summed E-state index contributed by atoms with van der Waals surface area (Å²) >= 11 is 0. The van der Waals surface area contributed by atoms with Gasteiger partial charge in [-0.25, -0.2) is 4.79 Å². The van der Waals surface area contributed by atoms with Gasteiger partial charge in [-0.2, -0.15) is 0 Å². The largest absolute Gasteiger partial charge is 0.461 e. The molecule has 5 nitrogen and oxygen atoms in total. The molecule has 1 amide bonds. The van der Waals surface area contributed by atoms with Crippen molar-refractivity contribution in [2.75, 3.05) is 18.9 Å². The highest BCUT2D eigenvalue weighted by Gasteiger charge is 2.10. The minimum absolute atomic E-state index is 0.0546. The first-order chi connectivity index (χ1) is 8.15. The number of para-hydroxylation sites is 1. The predicted molar refractivity (Wildman–Crippen MR) is 64.4 cm³/mol. The second-order valence-corrected chi connectivity index (χ2v) is 3.43. The molecule has 0 aromatic heterocycles. The van der Waals surface area contributed by atoms with Crippen LogP contribution in [0.3, 0.4) is 0 Å². The van der Waals surface area contributed by atoms with Gasteiger partial charge in [0.1, 0.15) is 6.61 Å². The Labute approximate surface area is 99.9 Å². The number of rotatable bonds is 5. The Morgan fingerprint density at radius 2 is 2.06 bits per heavy atom. The van der Waals surface area contributed by atoms with Gasteiger partial charge in [0.25, 0.3) is 0 Å². The van der Waals surface area contributed by atoms with Crippen molar-refractivity contribution in [1.82, 2.24) is 5.32 Å². The first-order valence-corrected chi connectivity index (χ1v) is 5.43. The number of amides is 1. The van der Waals surface area contributed by atoms with Crippen LogP contribution in [0.25, 0.3) is 0 Å². The number of hydrogen-bond acceptors (Lipinski definition) is 4. The Morgan fingerprint density at radius 1 is 1.35 bits per heavy atom. The molecule has 1 aromatic carbocycles. The number of nitrogens with two attached hydrogens (primary N) is 1. The van der Waals surface area contributed by atoms with E-state index in [1.165, 1.54) is 0 Å². The van der Waals surface area contributed by atoms with Crippen LogP contribution in [0.4, 0.5) is 5.69 Å². The minimum atomic E-state index is -0.507. The van der Waals surface area contributed by atoms with Crippen molar-refractivity contribution in [3.63, 3.8) is 0 Å². The Morgan fingerprint density at radius 3 is 2.71 bits per heavy atom.